The van der Waals surface area contributed by atoms with Crippen LogP contribution in [0.2, 0.25) is 0 Å². The predicted octanol–water partition coefficient (Wildman–Crippen LogP) is 3.09. The SMILES string of the molecule is CNCC1(c2nccc(-c3cccc(C)c3)n2)CCC1. The molecule has 0 atom stereocenters. The molecule has 1 aromatic heterocycles. The van der Waals surface area contributed by atoms with E-state index >= 15 is 0 Å². The number of hydrogen-bond donors (Lipinski definition) is 1. The minimum absolute atomic E-state index is 0.147. The van der Waals surface area contributed by atoms with Crippen molar-refractivity contribution in [2.75, 3.05) is 13.6 Å². The Labute approximate surface area is 120 Å². The molecule has 3 heteroatoms. The quantitative estimate of drug-likeness (QED) is 0.925. The molecule has 0 amide bonds. The monoisotopic (exact) mass is 267 g/mol. The molecule has 1 heterocycles. The van der Waals surface area contributed by atoms with E-state index in [1.165, 1.54) is 30.4 Å². The maximum Gasteiger partial charge on any atom is 0.136 e. The first-order chi connectivity index (χ1) is 9.73. The lowest BCUT2D eigenvalue weighted by atomic mass is 9.68. The van der Waals surface area contributed by atoms with Gasteiger partial charge in [-0.1, -0.05) is 30.2 Å². The number of nitrogens with zero attached hydrogens (tertiary/aromatic N) is 2. The average Bonchev–Trinajstić information content (AvgIpc) is 2.43. The maximum atomic E-state index is 4.85. The molecule has 3 rings (SSSR count). The number of hydrogen-bond acceptors (Lipinski definition) is 3. The number of benzene rings is 1. The lowest BCUT2D eigenvalue weighted by molar-refractivity contribution is 0.225. The molecule has 3 nitrogen and oxygen atoms in total. The summed E-state index contributed by atoms with van der Waals surface area (Å²) in [6, 6.07) is 10.5. The van der Waals surface area contributed by atoms with Gasteiger partial charge in [0.05, 0.1) is 5.69 Å². The van der Waals surface area contributed by atoms with Gasteiger partial charge in [-0.3, -0.25) is 0 Å². The van der Waals surface area contributed by atoms with E-state index in [4.69, 9.17) is 4.98 Å². The van der Waals surface area contributed by atoms with Gasteiger partial charge in [0, 0.05) is 23.7 Å². The van der Waals surface area contributed by atoms with Crippen LogP contribution in [0.25, 0.3) is 11.3 Å². The van der Waals surface area contributed by atoms with E-state index in [1.54, 1.807) is 0 Å². The highest BCUT2D eigenvalue weighted by atomic mass is 14.9. The summed E-state index contributed by atoms with van der Waals surface area (Å²) in [5, 5.41) is 3.30. The summed E-state index contributed by atoms with van der Waals surface area (Å²) >= 11 is 0. The Hall–Kier alpha value is -1.74. The third-order valence-corrected chi connectivity index (χ3v) is 4.27. The zero-order valence-electron chi connectivity index (χ0n) is 12.2. The molecule has 1 aromatic carbocycles. The van der Waals surface area contributed by atoms with Gasteiger partial charge in [-0.25, -0.2) is 9.97 Å². The third kappa shape index (κ3) is 2.34. The Bertz CT molecular complexity index is 603. The molecule has 1 N–H and O–H groups in total. The Morgan fingerprint density at radius 3 is 2.75 bits per heavy atom. The summed E-state index contributed by atoms with van der Waals surface area (Å²) in [7, 11) is 2.00. The molecule has 1 aliphatic carbocycles. The summed E-state index contributed by atoms with van der Waals surface area (Å²) < 4.78 is 0. The van der Waals surface area contributed by atoms with E-state index in [-0.39, 0.29) is 5.41 Å². The van der Waals surface area contributed by atoms with Gasteiger partial charge in [-0.05, 0) is 38.9 Å². The molecule has 0 saturated heterocycles. The van der Waals surface area contributed by atoms with Crippen molar-refractivity contribution in [2.24, 2.45) is 0 Å². The fourth-order valence-electron chi connectivity index (χ4n) is 3.00. The lowest BCUT2D eigenvalue weighted by Gasteiger charge is -2.40. The van der Waals surface area contributed by atoms with Crippen molar-refractivity contribution in [3.63, 3.8) is 0 Å². The largest absolute Gasteiger partial charge is 0.319 e. The second kappa shape index (κ2) is 5.33. The Morgan fingerprint density at radius 1 is 1.25 bits per heavy atom. The molecule has 0 radical (unpaired) electrons. The van der Waals surface area contributed by atoms with Crippen LogP contribution in [0.1, 0.15) is 30.7 Å². The van der Waals surface area contributed by atoms with Crippen molar-refractivity contribution in [1.29, 1.82) is 0 Å². The van der Waals surface area contributed by atoms with Gasteiger partial charge in [0.15, 0.2) is 0 Å². The molecule has 0 bridgehead atoms. The Balaban J connectivity index is 1.97. The highest BCUT2D eigenvalue weighted by molar-refractivity contribution is 5.59. The molecule has 1 fully saturated rings. The molecule has 0 aliphatic heterocycles. The fraction of sp³-hybridized carbons (Fsp3) is 0.412. The topological polar surface area (TPSA) is 37.8 Å². The molecule has 20 heavy (non-hydrogen) atoms. The highest BCUT2D eigenvalue weighted by Gasteiger charge is 2.40. The van der Waals surface area contributed by atoms with Crippen LogP contribution in [0, 0.1) is 6.92 Å². The first kappa shape index (κ1) is 13.3. The van der Waals surface area contributed by atoms with Crippen LogP contribution in [0.3, 0.4) is 0 Å². The van der Waals surface area contributed by atoms with Crippen molar-refractivity contribution < 1.29 is 0 Å². The summed E-state index contributed by atoms with van der Waals surface area (Å²) in [4.78, 5) is 9.39. The number of aromatic nitrogens is 2. The molecule has 0 unspecified atom stereocenters. The zero-order chi connectivity index (χ0) is 14.0. The second-order valence-corrected chi connectivity index (χ2v) is 5.80. The standard InChI is InChI=1S/C17H21N3/c1-13-5-3-6-14(11-13)15-7-10-19-16(20-15)17(12-18-2)8-4-9-17/h3,5-7,10-11,18H,4,8-9,12H2,1-2H3. The van der Waals surface area contributed by atoms with Crippen LogP contribution in [0.5, 0.6) is 0 Å². The van der Waals surface area contributed by atoms with Gasteiger partial charge >= 0.3 is 0 Å². The maximum absolute atomic E-state index is 4.85. The molecule has 2 aromatic rings. The normalized spacial score (nSPS) is 16.7. The smallest absolute Gasteiger partial charge is 0.136 e. The van der Waals surface area contributed by atoms with E-state index in [0.717, 1.165) is 18.1 Å². The Kier molecular flexibility index (Phi) is 3.53. The van der Waals surface area contributed by atoms with Crippen LogP contribution in [-0.4, -0.2) is 23.6 Å². The number of nitrogens with one attached hydrogen (secondary N) is 1. The summed E-state index contributed by atoms with van der Waals surface area (Å²) in [5.74, 6) is 0.997. The van der Waals surface area contributed by atoms with Gasteiger partial charge in [-0.2, -0.15) is 0 Å². The van der Waals surface area contributed by atoms with Crippen LogP contribution in [0.4, 0.5) is 0 Å². The fourth-order valence-corrected chi connectivity index (χ4v) is 3.00. The molecule has 0 spiro atoms. The second-order valence-electron chi connectivity index (χ2n) is 5.80. The number of aryl methyl sites for hydroxylation is 1. The molecule has 1 aliphatic rings. The van der Waals surface area contributed by atoms with Crippen molar-refractivity contribution in [1.82, 2.24) is 15.3 Å². The van der Waals surface area contributed by atoms with E-state index < -0.39 is 0 Å². The minimum atomic E-state index is 0.147. The lowest BCUT2D eigenvalue weighted by Crippen LogP contribution is -2.44. The Morgan fingerprint density at radius 2 is 2.10 bits per heavy atom. The van der Waals surface area contributed by atoms with Gasteiger partial charge in [0.2, 0.25) is 0 Å². The van der Waals surface area contributed by atoms with Gasteiger partial charge in [-0.15, -0.1) is 0 Å². The number of rotatable bonds is 4. The number of likely N-dealkylation sites (N-methyl/N-ethyl adjacent to an activating group) is 1. The van der Waals surface area contributed by atoms with Crippen LogP contribution in [-0.2, 0) is 5.41 Å². The first-order valence-corrected chi connectivity index (χ1v) is 7.29. The first-order valence-electron chi connectivity index (χ1n) is 7.29. The molecular weight excluding hydrogens is 246 g/mol. The third-order valence-electron chi connectivity index (χ3n) is 4.27. The molecular formula is C17H21N3. The van der Waals surface area contributed by atoms with Gasteiger partial charge in [0.25, 0.3) is 0 Å². The minimum Gasteiger partial charge on any atom is -0.319 e. The average molecular weight is 267 g/mol. The van der Waals surface area contributed by atoms with Gasteiger partial charge in [0.1, 0.15) is 5.82 Å². The summed E-state index contributed by atoms with van der Waals surface area (Å²) in [6.45, 7) is 3.07. The predicted molar refractivity (Wildman–Crippen MR) is 81.7 cm³/mol. The van der Waals surface area contributed by atoms with Crippen molar-refractivity contribution in [3.05, 3.63) is 47.9 Å². The molecule has 104 valence electrons. The van der Waals surface area contributed by atoms with E-state index in [9.17, 15) is 0 Å². The van der Waals surface area contributed by atoms with E-state index in [1.807, 2.05) is 19.3 Å². The van der Waals surface area contributed by atoms with E-state index in [2.05, 4.69) is 41.5 Å². The van der Waals surface area contributed by atoms with Crippen LogP contribution >= 0.6 is 0 Å². The molecule has 1 saturated carbocycles. The van der Waals surface area contributed by atoms with Crippen LogP contribution in [0.15, 0.2) is 36.5 Å². The van der Waals surface area contributed by atoms with Crippen molar-refractivity contribution in [3.8, 4) is 11.3 Å². The van der Waals surface area contributed by atoms with Crippen molar-refractivity contribution >= 4 is 0 Å². The van der Waals surface area contributed by atoms with E-state index in [0.29, 0.717) is 0 Å². The van der Waals surface area contributed by atoms with Gasteiger partial charge < -0.3 is 5.32 Å². The van der Waals surface area contributed by atoms with Crippen LogP contribution < -0.4 is 5.32 Å². The summed E-state index contributed by atoms with van der Waals surface area (Å²) in [5.41, 5.74) is 3.61. The van der Waals surface area contributed by atoms with Crippen molar-refractivity contribution in [2.45, 2.75) is 31.6 Å². The summed E-state index contributed by atoms with van der Waals surface area (Å²) in [6.07, 6.45) is 5.55. The zero-order valence-corrected chi connectivity index (χ0v) is 12.2. The highest BCUT2D eigenvalue weighted by Crippen LogP contribution is 2.41.